The molecule has 10 rings (SSSR count). The summed E-state index contributed by atoms with van der Waals surface area (Å²) >= 11 is 1.87. The predicted octanol–water partition coefficient (Wildman–Crippen LogP) is 12.3. The molecule has 2 heteroatoms. The smallest absolute Gasteiger partial charge is 0.0720 e. The van der Waals surface area contributed by atoms with Gasteiger partial charge in [0, 0.05) is 43.1 Å². The maximum atomic E-state index is 5.33. The monoisotopic (exact) mass is 617 g/mol. The minimum atomic E-state index is -0.0140. The lowest BCUT2D eigenvalue weighted by Crippen LogP contribution is -2.14. The van der Waals surface area contributed by atoms with Gasteiger partial charge in [-0.05, 0) is 79.9 Å². The number of rotatable bonds is 3. The molecular formula is C45H31NS. The van der Waals surface area contributed by atoms with Crippen LogP contribution in [0.25, 0.3) is 75.9 Å². The molecule has 2 aromatic heterocycles. The van der Waals surface area contributed by atoms with Gasteiger partial charge in [0.25, 0.3) is 0 Å². The molecule has 0 radical (unpaired) electrons. The minimum absolute atomic E-state index is 0.0140. The van der Waals surface area contributed by atoms with E-state index in [1.165, 1.54) is 92.6 Å². The Kier molecular flexibility index (Phi) is 5.63. The number of thiophene rings is 1. The Morgan fingerprint density at radius 2 is 1.19 bits per heavy atom. The third-order valence-corrected chi connectivity index (χ3v) is 11.8. The fraction of sp³-hybridized carbons (Fsp3) is 0.0889. The first-order valence-corrected chi connectivity index (χ1v) is 17.2. The molecule has 0 fully saturated rings. The second kappa shape index (κ2) is 9.84. The molecule has 0 atom stereocenters. The van der Waals surface area contributed by atoms with Crippen molar-refractivity contribution in [2.75, 3.05) is 0 Å². The van der Waals surface area contributed by atoms with Crippen molar-refractivity contribution in [1.82, 2.24) is 4.98 Å². The Balaban J connectivity index is 1.02. The van der Waals surface area contributed by atoms with Crippen molar-refractivity contribution >= 4 is 31.5 Å². The van der Waals surface area contributed by atoms with Crippen molar-refractivity contribution in [3.05, 3.63) is 162 Å². The van der Waals surface area contributed by atoms with E-state index in [0.717, 1.165) is 12.1 Å². The molecule has 222 valence electrons. The first-order valence-electron chi connectivity index (χ1n) is 16.4. The predicted molar refractivity (Wildman–Crippen MR) is 199 cm³/mol. The number of benzene rings is 6. The molecule has 0 saturated carbocycles. The van der Waals surface area contributed by atoms with E-state index in [4.69, 9.17) is 4.98 Å². The van der Waals surface area contributed by atoms with Crippen LogP contribution >= 0.6 is 11.3 Å². The lowest BCUT2D eigenvalue weighted by molar-refractivity contribution is 0.660. The van der Waals surface area contributed by atoms with Crippen LogP contribution in [0.4, 0.5) is 0 Å². The van der Waals surface area contributed by atoms with E-state index in [1.54, 1.807) is 0 Å². The average molecular weight is 618 g/mol. The fourth-order valence-corrected chi connectivity index (χ4v) is 9.42. The van der Waals surface area contributed by atoms with Crippen molar-refractivity contribution in [3.63, 3.8) is 0 Å². The van der Waals surface area contributed by atoms with Crippen LogP contribution in [-0.2, 0) is 11.8 Å². The van der Waals surface area contributed by atoms with Crippen LogP contribution in [-0.4, -0.2) is 4.98 Å². The van der Waals surface area contributed by atoms with Gasteiger partial charge in [0.2, 0.25) is 0 Å². The van der Waals surface area contributed by atoms with Crippen LogP contribution in [0.5, 0.6) is 0 Å². The van der Waals surface area contributed by atoms with Crippen LogP contribution in [0, 0.1) is 0 Å². The molecule has 8 aromatic rings. The zero-order chi connectivity index (χ0) is 31.3. The van der Waals surface area contributed by atoms with Crippen molar-refractivity contribution in [1.29, 1.82) is 0 Å². The fourth-order valence-electron chi connectivity index (χ4n) is 8.20. The minimum Gasteiger partial charge on any atom is -0.252 e. The van der Waals surface area contributed by atoms with E-state index in [0.29, 0.717) is 0 Å². The summed E-state index contributed by atoms with van der Waals surface area (Å²) < 4.78 is 2.64. The average Bonchev–Trinajstić information content (AvgIpc) is 3.76. The Labute approximate surface area is 278 Å². The van der Waals surface area contributed by atoms with Crippen LogP contribution < -0.4 is 0 Å². The Bertz CT molecular complexity index is 2580. The summed E-state index contributed by atoms with van der Waals surface area (Å²) in [6.45, 7) is 4.70. The Morgan fingerprint density at radius 1 is 0.511 bits per heavy atom. The molecule has 0 aliphatic heterocycles. The largest absolute Gasteiger partial charge is 0.252 e. The topological polar surface area (TPSA) is 12.9 Å². The molecule has 6 aromatic carbocycles. The SMILES string of the molecule is CC1(C)c2ccccc2-c2ccc(-c3cccc(-c4cccc5c4Cc4nc(-c6cccc7c6sc6ccccc67)ccc4-5)c3)cc21. The molecule has 0 amide bonds. The van der Waals surface area contributed by atoms with Crippen molar-refractivity contribution in [2.45, 2.75) is 25.7 Å². The molecule has 1 nitrogen and oxygen atoms in total. The second-order valence-electron chi connectivity index (χ2n) is 13.5. The van der Waals surface area contributed by atoms with E-state index >= 15 is 0 Å². The van der Waals surface area contributed by atoms with E-state index in [2.05, 4.69) is 153 Å². The van der Waals surface area contributed by atoms with Gasteiger partial charge in [0.1, 0.15) is 0 Å². The van der Waals surface area contributed by atoms with Gasteiger partial charge >= 0.3 is 0 Å². The molecule has 0 bridgehead atoms. The summed E-state index contributed by atoms with van der Waals surface area (Å²) in [6.07, 6.45) is 0.840. The molecule has 0 saturated heterocycles. The highest BCUT2D eigenvalue weighted by atomic mass is 32.1. The van der Waals surface area contributed by atoms with Gasteiger partial charge in [-0.15, -0.1) is 11.3 Å². The van der Waals surface area contributed by atoms with Crippen LogP contribution in [0.1, 0.15) is 36.2 Å². The van der Waals surface area contributed by atoms with Gasteiger partial charge in [0.15, 0.2) is 0 Å². The van der Waals surface area contributed by atoms with Crippen molar-refractivity contribution in [3.8, 4) is 55.8 Å². The number of nitrogens with zero attached hydrogens (tertiary/aromatic N) is 1. The molecular weight excluding hydrogens is 587 g/mol. The molecule has 0 N–H and O–H groups in total. The molecule has 0 spiro atoms. The summed E-state index contributed by atoms with van der Waals surface area (Å²) in [6, 6.07) is 51.6. The number of hydrogen-bond donors (Lipinski definition) is 0. The number of hydrogen-bond acceptors (Lipinski definition) is 2. The first-order chi connectivity index (χ1) is 23.0. The highest BCUT2D eigenvalue weighted by molar-refractivity contribution is 7.26. The maximum absolute atomic E-state index is 5.33. The third-order valence-electron chi connectivity index (χ3n) is 10.6. The summed E-state index contributed by atoms with van der Waals surface area (Å²) in [5, 5.41) is 2.64. The highest BCUT2D eigenvalue weighted by Crippen LogP contribution is 2.50. The maximum Gasteiger partial charge on any atom is 0.0720 e. The number of pyridine rings is 1. The lowest BCUT2D eigenvalue weighted by atomic mass is 9.81. The van der Waals surface area contributed by atoms with Gasteiger partial charge < -0.3 is 0 Å². The summed E-state index contributed by atoms with van der Waals surface area (Å²) in [5.74, 6) is 0. The highest BCUT2D eigenvalue weighted by Gasteiger charge is 2.35. The van der Waals surface area contributed by atoms with E-state index in [1.807, 2.05) is 11.3 Å². The van der Waals surface area contributed by atoms with E-state index < -0.39 is 0 Å². The molecule has 2 heterocycles. The number of fused-ring (bicyclic) bond motifs is 9. The third kappa shape index (κ3) is 3.92. The summed E-state index contributed by atoms with van der Waals surface area (Å²) in [7, 11) is 0. The Morgan fingerprint density at radius 3 is 2.15 bits per heavy atom. The van der Waals surface area contributed by atoms with Gasteiger partial charge in [-0.2, -0.15) is 0 Å². The quantitative estimate of drug-likeness (QED) is 0.192. The van der Waals surface area contributed by atoms with Crippen molar-refractivity contribution < 1.29 is 0 Å². The van der Waals surface area contributed by atoms with E-state index in [9.17, 15) is 0 Å². The number of aromatic nitrogens is 1. The Hall–Kier alpha value is -5.31. The summed E-state index contributed by atoms with van der Waals surface area (Å²) in [4.78, 5) is 5.33. The molecule has 47 heavy (non-hydrogen) atoms. The standard InChI is InChI=1S/C45H31NS/c1-45(2)39-18-5-3-12-32(39)33-21-20-28(25-40(33)45)27-10-7-11-29(24-27)30-14-8-15-31-34-22-23-41(46-42(34)26-38(30)31)37-17-9-16-36-35-13-4-6-19-43(35)47-44(36)37/h3-25H,26H2,1-2H3. The zero-order valence-corrected chi connectivity index (χ0v) is 27.2. The molecule has 0 unspecified atom stereocenters. The zero-order valence-electron chi connectivity index (χ0n) is 26.3. The summed E-state index contributed by atoms with van der Waals surface area (Å²) in [5.41, 5.74) is 18.0. The molecule has 2 aliphatic carbocycles. The van der Waals surface area contributed by atoms with Gasteiger partial charge in [-0.3, -0.25) is 4.98 Å². The van der Waals surface area contributed by atoms with Crippen LogP contribution in [0.2, 0.25) is 0 Å². The van der Waals surface area contributed by atoms with Gasteiger partial charge in [-0.1, -0.05) is 129 Å². The normalized spacial score (nSPS) is 13.8. The van der Waals surface area contributed by atoms with E-state index in [-0.39, 0.29) is 5.41 Å². The van der Waals surface area contributed by atoms with Crippen molar-refractivity contribution in [2.24, 2.45) is 0 Å². The van der Waals surface area contributed by atoms with Gasteiger partial charge in [-0.25, -0.2) is 0 Å². The van der Waals surface area contributed by atoms with Crippen LogP contribution in [0.15, 0.2) is 140 Å². The second-order valence-corrected chi connectivity index (χ2v) is 14.5. The van der Waals surface area contributed by atoms with Gasteiger partial charge in [0.05, 0.1) is 11.4 Å². The first kappa shape index (κ1) is 26.9. The molecule has 2 aliphatic rings. The lowest BCUT2D eigenvalue weighted by Gasteiger charge is -2.22. The van der Waals surface area contributed by atoms with Crippen LogP contribution in [0.3, 0.4) is 0 Å².